The van der Waals surface area contributed by atoms with Crippen LogP contribution in [0.5, 0.6) is 0 Å². The van der Waals surface area contributed by atoms with Crippen molar-refractivity contribution in [3.8, 4) is 0 Å². The lowest BCUT2D eigenvalue weighted by atomic mass is 10.1. The van der Waals surface area contributed by atoms with E-state index >= 15 is 0 Å². The van der Waals surface area contributed by atoms with Gasteiger partial charge in [-0.1, -0.05) is 0 Å². The van der Waals surface area contributed by atoms with Gasteiger partial charge in [-0.3, -0.25) is 14.5 Å². The summed E-state index contributed by atoms with van der Waals surface area (Å²) < 4.78 is 2.21. The van der Waals surface area contributed by atoms with Crippen LogP contribution in [0.3, 0.4) is 0 Å². The molecule has 5 heteroatoms. The Kier molecular flexibility index (Phi) is 4.83. The van der Waals surface area contributed by atoms with Gasteiger partial charge in [0, 0.05) is 49.2 Å². The van der Waals surface area contributed by atoms with Gasteiger partial charge in [-0.15, -0.1) is 0 Å². The Labute approximate surface area is 126 Å². The minimum Gasteiger partial charge on any atom is -0.346 e. The molecule has 0 bridgehead atoms. The summed E-state index contributed by atoms with van der Waals surface area (Å²) in [6.07, 6.45) is 0.884. The number of amides is 1. The number of aryl methyl sites for hydroxylation is 1. The maximum Gasteiger partial charge on any atom is 0.209 e. The van der Waals surface area contributed by atoms with Crippen LogP contribution in [-0.2, 0) is 4.79 Å². The lowest BCUT2D eigenvalue weighted by molar-refractivity contribution is -0.119. The summed E-state index contributed by atoms with van der Waals surface area (Å²) in [5, 5.41) is 0. The summed E-state index contributed by atoms with van der Waals surface area (Å²) in [5.74, 6) is 0.176. The maximum absolute atomic E-state index is 12.5. The lowest BCUT2D eigenvalue weighted by Gasteiger charge is -2.31. The Morgan fingerprint density at radius 1 is 1.24 bits per heavy atom. The van der Waals surface area contributed by atoms with Gasteiger partial charge in [-0.2, -0.15) is 0 Å². The first kappa shape index (κ1) is 15.8. The number of ketones is 1. The molecule has 2 rings (SSSR count). The van der Waals surface area contributed by atoms with Crippen LogP contribution in [0.2, 0.25) is 0 Å². The fourth-order valence-corrected chi connectivity index (χ4v) is 3.17. The van der Waals surface area contributed by atoms with Crippen molar-refractivity contribution in [1.82, 2.24) is 14.4 Å². The Bertz CT molecular complexity index is 526. The third-order valence-corrected chi connectivity index (χ3v) is 4.22. The van der Waals surface area contributed by atoms with Crippen molar-refractivity contribution in [2.75, 3.05) is 32.7 Å². The van der Waals surface area contributed by atoms with Crippen LogP contribution < -0.4 is 0 Å². The predicted octanol–water partition coefficient (Wildman–Crippen LogP) is 1.64. The van der Waals surface area contributed by atoms with E-state index in [1.807, 2.05) is 19.9 Å². The van der Waals surface area contributed by atoms with E-state index < -0.39 is 0 Å². The Morgan fingerprint density at radius 2 is 1.86 bits per heavy atom. The second kappa shape index (κ2) is 6.43. The topological polar surface area (TPSA) is 45.6 Å². The number of hydrogen-bond acceptors (Lipinski definition) is 3. The molecule has 1 saturated heterocycles. The first-order chi connectivity index (χ1) is 9.93. The standard InChI is InChI=1S/C16H25N3O2/c1-12(2)19-13(3)9-15(14(19)4)16(21)10-17-5-7-18(11-20)8-6-17/h9,11-12H,5-8,10H2,1-4H3. The van der Waals surface area contributed by atoms with Crippen molar-refractivity contribution < 1.29 is 9.59 Å². The zero-order valence-corrected chi connectivity index (χ0v) is 13.4. The molecule has 0 spiro atoms. The molecule has 0 radical (unpaired) electrons. The quantitative estimate of drug-likeness (QED) is 0.612. The van der Waals surface area contributed by atoms with Gasteiger partial charge in [0.2, 0.25) is 6.41 Å². The van der Waals surface area contributed by atoms with Crippen LogP contribution in [0.4, 0.5) is 0 Å². The van der Waals surface area contributed by atoms with Gasteiger partial charge in [0.1, 0.15) is 0 Å². The van der Waals surface area contributed by atoms with Crippen LogP contribution in [0, 0.1) is 13.8 Å². The van der Waals surface area contributed by atoms with E-state index in [0.717, 1.165) is 36.5 Å². The van der Waals surface area contributed by atoms with E-state index in [2.05, 4.69) is 23.3 Å². The molecule has 1 aliphatic rings. The molecule has 21 heavy (non-hydrogen) atoms. The second-order valence-electron chi connectivity index (χ2n) is 6.09. The zero-order chi connectivity index (χ0) is 15.6. The van der Waals surface area contributed by atoms with Gasteiger partial charge in [0.05, 0.1) is 6.54 Å². The van der Waals surface area contributed by atoms with E-state index in [0.29, 0.717) is 25.7 Å². The molecule has 1 aromatic heterocycles. The van der Waals surface area contributed by atoms with E-state index in [1.165, 1.54) is 0 Å². The SMILES string of the molecule is Cc1cc(C(=O)CN2CCN(C=O)CC2)c(C)n1C(C)C. The number of nitrogens with zero attached hydrogens (tertiary/aromatic N) is 3. The predicted molar refractivity (Wildman–Crippen MR) is 82.7 cm³/mol. The zero-order valence-electron chi connectivity index (χ0n) is 13.4. The van der Waals surface area contributed by atoms with Crippen LogP contribution >= 0.6 is 0 Å². The van der Waals surface area contributed by atoms with E-state index in [4.69, 9.17) is 0 Å². The minimum absolute atomic E-state index is 0.176. The molecular formula is C16H25N3O2. The third-order valence-electron chi connectivity index (χ3n) is 4.22. The smallest absolute Gasteiger partial charge is 0.209 e. The molecule has 0 atom stereocenters. The number of aromatic nitrogens is 1. The highest BCUT2D eigenvalue weighted by molar-refractivity contribution is 5.99. The van der Waals surface area contributed by atoms with Crippen molar-refractivity contribution in [2.45, 2.75) is 33.7 Å². The Morgan fingerprint density at radius 3 is 2.33 bits per heavy atom. The van der Waals surface area contributed by atoms with Gasteiger partial charge in [0.25, 0.3) is 0 Å². The highest BCUT2D eigenvalue weighted by Crippen LogP contribution is 2.20. The van der Waals surface area contributed by atoms with Crippen LogP contribution in [0.25, 0.3) is 0 Å². The number of carbonyl (C=O) groups is 2. The van der Waals surface area contributed by atoms with E-state index in [-0.39, 0.29) is 5.78 Å². The van der Waals surface area contributed by atoms with Crippen molar-refractivity contribution in [3.05, 3.63) is 23.0 Å². The molecule has 5 nitrogen and oxygen atoms in total. The molecular weight excluding hydrogens is 266 g/mol. The molecule has 1 fully saturated rings. The van der Waals surface area contributed by atoms with Gasteiger partial charge in [0.15, 0.2) is 5.78 Å². The molecule has 0 saturated carbocycles. The average Bonchev–Trinajstić information content (AvgIpc) is 2.75. The summed E-state index contributed by atoms with van der Waals surface area (Å²) in [7, 11) is 0. The monoisotopic (exact) mass is 291 g/mol. The maximum atomic E-state index is 12.5. The molecule has 2 heterocycles. The lowest BCUT2D eigenvalue weighted by Crippen LogP contribution is -2.47. The van der Waals surface area contributed by atoms with E-state index in [9.17, 15) is 9.59 Å². The summed E-state index contributed by atoms with van der Waals surface area (Å²) in [6.45, 7) is 11.7. The molecule has 0 N–H and O–H groups in total. The van der Waals surface area contributed by atoms with Crippen LogP contribution in [0.15, 0.2) is 6.07 Å². The normalized spacial score (nSPS) is 16.5. The number of rotatable bonds is 5. The first-order valence-corrected chi connectivity index (χ1v) is 7.57. The highest BCUT2D eigenvalue weighted by Gasteiger charge is 2.21. The molecule has 1 aliphatic heterocycles. The van der Waals surface area contributed by atoms with Crippen LogP contribution in [-0.4, -0.2) is 59.3 Å². The van der Waals surface area contributed by atoms with Crippen molar-refractivity contribution in [2.24, 2.45) is 0 Å². The van der Waals surface area contributed by atoms with Crippen LogP contribution in [0.1, 0.15) is 41.6 Å². The average molecular weight is 291 g/mol. The van der Waals surface area contributed by atoms with Crippen molar-refractivity contribution >= 4 is 12.2 Å². The summed E-state index contributed by atoms with van der Waals surface area (Å²) in [4.78, 5) is 27.1. The van der Waals surface area contributed by atoms with Gasteiger partial charge in [-0.25, -0.2) is 0 Å². The fourth-order valence-electron chi connectivity index (χ4n) is 3.17. The summed E-state index contributed by atoms with van der Waals surface area (Å²) >= 11 is 0. The number of Topliss-reactive ketones (excluding diaryl/α,β-unsaturated/α-hetero) is 1. The molecule has 116 valence electrons. The number of hydrogen-bond donors (Lipinski definition) is 0. The van der Waals surface area contributed by atoms with Gasteiger partial charge < -0.3 is 9.47 Å². The molecule has 0 unspecified atom stereocenters. The van der Waals surface area contributed by atoms with E-state index in [1.54, 1.807) is 4.90 Å². The minimum atomic E-state index is 0.176. The first-order valence-electron chi connectivity index (χ1n) is 7.57. The van der Waals surface area contributed by atoms with Gasteiger partial charge in [-0.05, 0) is 33.8 Å². The Hall–Kier alpha value is -1.62. The third kappa shape index (κ3) is 3.35. The van der Waals surface area contributed by atoms with Gasteiger partial charge >= 0.3 is 0 Å². The van der Waals surface area contributed by atoms with Crippen molar-refractivity contribution in [3.63, 3.8) is 0 Å². The molecule has 1 amide bonds. The molecule has 1 aromatic rings. The number of carbonyl (C=O) groups excluding carboxylic acids is 2. The molecule has 0 aliphatic carbocycles. The summed E-state index contributed by atoms with van der Waals surface area (Å²) in [6, 6.07) is 2.36. The summed E-state index contributed by atoms with van der Waals surface area (Å²) in [5.41, 5.74) is 3.02. The van der Waals surface area contributed by atoms with Crippen molar-refractivity contribution in [1.29, 1.82) is 0 Å². The largest absolute Gasteiger partial charge is 0.346 e. The second-order valence-corrected chi connectivity index (χ2v) is 6.09. The highest BCUT2D eigenvalue weighted by atomic mass is 16.1. The molecule has 0 aromatic carbocycles. The Balaban J connectivity index is 2.04. The number of piperazine rings is 1. The fraction of sp³-hybridized carbons (Fsp3) is 0.625.